The van der Waals surface area contributed by atoms with Crippen molar-refractivity contribution in [2.24, 2.45) is 0 Å². The number of aromatic nitrogens is 4. The van der Waals surface area contributed by atoms with Crippen LogP contribution in [0.2, 0.25) is 30.1 Å². The summed E-state index contributed by atoms with van der Waals surface area (Å²) in [4.78, 5) is 29.7. The molecular weight excluding hydrogens is 843 g/mol. The van der Waals surface area contributed by atoms with E-state index in [1.807, 2.05) is 72.8 Å². The van der Waals surface area contributed by atoms with Gasteiger partial charge in [0.05, 0.1) is 63.4 Å². The Balaban J connectivity index is 1.50. The predicted octanol–water partition coefficient (Wildman–Crippen LogP) is 15.2. The average Bonchev–Trinajstić information content (AvgIpc) is 4.04. The molecule has 0 aliphatic carbocycles. The molecule has 2 aliphatic heterocycles. The zero-order valence-electron chi connectivity index (χ0n) is 29.1. The number of hydrogen-bond acceptors (Lipinski definition) is 4. The standard InChI is InChI=1S/C44H23Cl6N5O2/c45-26-8-5-22(19-29(26)48)41-32-11-13-34(51-32)42(23-6-9-27(46)30(49)20-23)36-15-17-38(53-36)44(25-3-1-2-4-40(25)55(56)57)39-18-16-37(54-39)43(35-14-12-33(41)52-35)24-7-10-28(47)31(50)21-24/h1-21,51,54H. The van der Waals surface area contributed by atoms with Crippen molar-refractivity contribution in [3.63, 3.8) is 0 Å². The number of para-hydroxylation sites is 1. The van der Waals surface area contributed by atoms with Gasteiger partial charge in [0.15, 0.2) is 0 Å². The van der Waals surface area contributed by atoms with Gasteiger partial charge in [0.1, 0.15) is 0 Å². The summed E-state index contributed by atoms with van der Waals surface area (Å²) < 4.78 is 0. The quantitative estimate of drug-likeness (QED) is 0.133. The van der Waals surface area contributed by atoms with Crippen molar-refractivity contribution in [2.45, 2.75) is 0 Å². The summed E-state index contributed by atoms with van der Waals surface area (Å²) in [5.74, 6) is 0. The molecule has 278 valence electrons. The first-order chi connectivity index (χ1) is 27.5. The van der Waals surface area contributed by atoms with Gasteiger partial charge in [-0.1, -0.05) is 99.9 Å². The first-order valence-electron chi connectivity index (χ1n) is 17.3. The number of halogens is 6. The minimum atomic E-state index is -0.395. The molecule has 9 rings (SSSR count). The zero-order chi connectivity index (χ0) is 39.5. The van der Waals surface area contributed by atoms with Crippen LogP contribution >= 0.6 is 69.6 Å². The Labute approximate surface area is 355 Å². The summed E-state index contributed by atoms with van der Waals surface area (Å²) in [7, 11) is 0. The van der Waals surface area contributed by atoms with Crippen molar-refractivity contribution in [3.8, 4) is 44.5 Å². The van der Waals surface area contributed by atoms with Crippen LogP contribution < -0.4 is 0 Å². The van der Waals surface area contributed by atoms with E-state index in [1.54, 1.807) is 48.5 Å². The van der Waals surface area contributed by atoms with Crippen molar-refractivity contribution in [1.82, 2.24) is 19.9 Å². The van der Waals surface area contributed by atoms with E-state index in [9.17, 15) is 10.1 Å². The van der Waals surface area contributed by atoms with Crippen molar-refractivity contribution in [1.29, 1.82) is 0 Å². The van der Waals surface area contributed by atoms with Gasteiger partial charge in [0.2, 0.25) is 0 Å². The molecular formula is C44H23Cl6N5O2. The Kier molecular flexibility index (Phi) is 9.69. The number of hydrogen-bond donors (Lipinski definition) is 2. The first kappa shape index (κ1) is 37.2. The van der Waals surface area contributed by atoms with Crippen molar-refractivity contribution in [3.05, 3.63) is 166 Å². The maximum absolute atomic E-state index is 12.5. The van der Waals surface area contributed by atoms with E-state index in [-0.39, 0.29) is 5.69 Å². The van der Waals surface area contributed by atoms with Gasteiger partial charge in [-0.2, -0.15) is 0 Å². The average molecular weight is 866 g/mol. The lowest BCUT2D eigenvalue weighted by molar-refractivity contribution is -0.384. The molecule has 0 amide bonds. The second-order valence-electron chi connectivity index (χ2n) is 13.2. The lowest BCUT2D eigenvalue weighted by atomic mass is 10.0. The van der Waals surface area contributed by atoms with Crippen molar-refractivity contribution >= 4 is 122 Å². The number of benzene rings is 4. The summed E-state index contributed by atoms with van der Waals surface area (Å²) in [6.45, 7) is 0. The molecule has 5 heterocycles. The zero-order valence-corrected chi connectivity index (χ0v) is 33.6. The Morgan fingerprint density at radius 2 is 0.789 bits per heavy atom. The summed E-state index contributed by atoms with van der Waals surface area (Å²) in [6, 6.07) is 30.5. The molecule has 0 spiro atoms. The highest BCUT2D eigenvalue weighted by Gasteiger charge is 2.23. The van der Waals surface area contributed by atoms with Gasteiger partial charge in [0.25, 0.3) is 5.69 Å². The number of nitrogens with one attached hydrogen (secondary N) is 2. The third-order valence-corrected chi connectivity index (χ3v) is 12.0. The summed E-state index contributed by atoms with van der Waals surface area (Å²) >= 11 is 39.0. The first-order valence-corrected chi connectivity index (χ1v) is 19.6. The molecule has 0 saturated heterocycles. The van der Waals surface area contributed by atoms with Crippen molar-refractivity contribution < 1.29 is 4.92 Å². The molecule has 0 fully saturated rings. The number of fused-ring (bicyclic) bond motifs is 8. The minimum absolute atomic E-state index is 0.0771. The fourth-order valence-corrected chi connectivity index (χ4v) is 8.09. The van der Waals surface area contributed by atoms with Crippen LogP contribution in [0, 0.1) is 10.1 Å². The maximum Gasteiger partial charge on any atom is 0.277 e. The van der Waals surface area contributed by atoms with E-state index in [2.05, 4.69) is 9.97 Å². The number of nitrogens with zero attached hydrogens (tertiary/aromatic N) is 3. The Morgan fingerprint density at radius 3 is 1.16 bits per heavy atom. The van der Waals surface area contributed by atoms with E-state index in [0.29, 0.717) is 91.7 Å². The fourth-order valence-electron chi connectivity index (χ4n) is 7.20. The van der Waals surface area contributed by atoms with Crippen LogP contribution in [0.1, 0.15) is 22.8 Å². The Hall–Kier alpha value is -5.38. The van der Waals surface area contributed by atoms with Crippen LogP contribution in [-0.4, -0.2) is 24.9 Å². The SMILES string of the molecule is O=[N+]([O-])c1ccccc1-c1c2nc(c(-c3ccc(Cl)c(Cl)c3)c3ccc([nH]3)c(-c3ccc(Cl)c(Cl)c3)c3nc(c(-c4ccc(Cl)c(Cl)c4)c4ccc1[nH]4)C=C3)C=C2. The number of H-pyrrole nitrogens is 2. The van der Waals surface area contributed by atoms with Crippen LogP contribution in [0.3, 0.4) is 0 Å². The summed E-state index contributed by atoms with van der Waals surface area (Å²) in [5.41, 5.74) is 10.3. The highest BCUT2D eigenvalue weighted by atomic mass is 35.5. The van der Waals surface area contributed by atoms with E-state index in [4.69, 9.17) is 79.6 Å². The second-order valence-corrected chi connectivity index (χ2v) is 15.6. The third-order valence-electron chi connectivity index (χ3n) is 9.75. The largest absolute Gasteiger partial charge is 0.354 e. The third kappa shape index (κ3) is 6.80. The topological polar surface area (TPSA) is 100 Å². The normalized spacial score (nSPS) is 12.0. The number of nitro benzene ring substituents is 1. The lowest BCUT2D eigenvalue weighted by Crippen LogP contribution is -1.94. The second kappa shape index (κ2) is 14.8. The highest BCUT2D eigenvalue weighted by molar-refractivity contribution is 6.43. The van der Waals surface area contributed by atoms with Crippen LogP contribution in [0.4, 0.5) is 5.69 Å². The summed E-state index contributed by atoms with van der Waals surface area (Å²) in [5, 5.41) is 14.8. The van der Waals surface area contributed by atoms with Gasteiger partial charge in [-0.25, -0.2) is 9.97 Å². The molecule has 7 nitrogen and oxygen atoms in total. The van der Waals surface area contributed by atoms with E-state index in [0.717, 1.165) is 27.8 Å². The summed E-state index contributed by atoms with van der Waals surface area (Å²) in [6.07, 6.45) is 7.60. The van der Waals surface area contributed by atoms with E-state index in [1.165, 1.54) is 6.07 Å². The molecule has 7 aromatic rings. The van der Waals surface area contributed by atoms with Crippen LogP contribution in [-0.2, 0) is 0 Å². The number of nitro groups is 1. The van der Waals surface area contributed by atoms with Crippen LogP contribution in [0.15, 0.2) is 103 Å². The van der Waals surface area contributed by atoms with E-state index >= 15 is 0 Å². The predicted molar refractivity (Wildman–Crippen MR) is 237 cm³/mol. The lowest BCUT2D eigenvalue weighted by Gasteiger charge is -2.08. The molecule has 8 bridgehead atoms. The van der Waals surface area contributed by atoms with Crippen LogP contribution in [0.5, 0.6) is 0 Å². The van der Waals surface area contributed by atoms with Gasteiger partial charge in [-0.15, -0.1) is 0 Å². The number of aromatic amines is 2. The van der Waals surface area contributed by atoms with Gasteiger partial charge in [0, 0.05) is 50.4 Å². The smallest absolute Gasteiger partial charge is 0.277 e. The molecule has 0 unspecified atom stereocenters. The van der Waals surface area contributed by atoms with Gasteiger partial charge < -0.3 is 9.97 Å². The monoisotopic (exact) mass is 863 g/mol. The van der Waals surface area contributed by atoms with Gasteiger partial charge in [-0.3, -0.25) is 10.1 Å². The molecule has 0 saturated carbocycles. The molecule has 0 radical (unpaired) electrons. The molecule has 57 heavy (non-hydrogen) atoms. The molecule has 2 aliphatic rings. The Bertz CT molecular complexity index is 3050. The number of rotatable bonds is 5. The minimum Gasteiger partial charge on any atom is -0.354 e. The molecule has 0 atom stereocenters. The Morgan fingerprint density at radius 1 is 0.439 bits per heavy atom. The van der Waals surface area contributed by atoms with Gasteiger partial charge >= 0.3 is 0 Å². The molecule has 13 heteroatoms. The van der Waals surface area contributed by atoms with E-state index < -0.39 is 4.92 Å². The maximum atomic E-state index is 12.5. The molecule has 2 N–H and O–H groups in total. The highest BCUT2D eigenvalue weighted by Crippen LogP contribution is 2.42. The fraction of sp³-hybridized carbons (Fsp3) is 0. The van der Waals surface area contributed by atoms with Gasteiger partial charge in [-0.05, 0) is 108 Å². The molecule has 3 aromatic heterocycles. The molecule has 4 aromatic carbocycles. The van der Waals surface area contributed by atoms with Crippen molar-refractivity contribution in [2.75, 3.05) is 0 Å². The van der Waals surface area contributed by atoms with Crippen LogP contribution in [0.25, 0.3) is 90.9 Å².